The van der Waals surface area contributed by atoms with E-state index in [1.807, 2.05) is 19.1 Å². The van der Waals surface area contributed by atoms with E-state index in [-0.39, 0.29) is 27.9 Å². The molecule has 2 N–H and O–H groups in total. The number of benzene rings is 2. The zero-order valence-corrected chi connectivity index (χ0v) is 16.7. The molecule has 27 heavy (non-hydrogen) atoms. The Morgan fingerprint density at radius 2 is 1.74 bits per heavy atom. The van der Waals surface area contributed by atoms with Gasteiger partial charge in [0.2, 0.25) is 15.9 Å². The Balaban J connectivity index is 2.11. The molecule has 0 fully saturated rings. The first-order valence-corrected chi connectivity index (χ1v) is 9.85. The van der Waals surface area contributed by atoms with E-state index in [2.05, 4.69) is 10.0 Å². The Morgan fingerprint density at radius 3 is 2.33 bits per heavy atom. The Morgan fingerprint density at radius 1 is 1.11 bits per heavy atom. The van der Waals surface area contributed by atoms with Gasteiger partial charge in [-0.15, -0.1) is 0 Å². The summed E-state index contributed by atoms with van der Waals surface area (Å²) in [6.45, 7) is 1.75. The van der Waals surface area contributed by atoms with Crippen LogP contribution in [-0.4, -0.2) is 45.8 Å². The van der Waals surface area contributed by atoms with Crippen LogP contribution in [-0.2, 0) is 14.8 Å². The normalized spacial score (nSPS) is 11.1. The molecule has 0 aliphatic carbocycles. The number of sulfonamides is 1. The van der Waals surface area contributed by atoms with Crippen LogP contribution in [0.1, 0.15) is 15.9 Å². The Kier molecular flexibility index (Phi) is 6.59. The Bertz CT molecular complexity index is 959. The van der Waals surface area contributed by atoms with Gasteiger partial charge in [-0.25, -0.2) is 13.1 Å². The summed E-state index contributed by atoms with van der Waals surface area (Å²) in [5.41, 5.74) is 1.80. The Hall–Kier alpha value is -2.42. The molecule has 2 aromatic rings. The van der Waals surface area contributed by atoms with Crippen molar-refractivity contribution in [3.05, 3.63) is 58.6 Å². The molecule has 144 valence electrons. The van der Waals surface area contributed by atoms with Gasteiger partial charge in [-0.2, -0.15) is 0 Å². The van der Waals surface area contributed by atoms with Crippen LogP contribution in [0.15, 0.2) is 47.4 Å². The second-order valence-electron chi connectivity index (χ2n) is 5.93. The summed E-state index contributed by atoms with van der Waals surface area (Å²) < 4.78 is 26.1. The average Bonchev–Trinajstić information content (AvgIpc) is 2.63. The second kappa shape index (κ2) is 8.51. The largest absolute Gasteiger partial charge is 0.332 e. The third-order valence-corrected chi connectivity index (χ3v) is 5.70. The van der Waals surface area contributed by atoms with Crippen molar-refractivity contribution in [1.29, 1.82) is 0 Å². The summed E-state index contributed by atoms with van der Waals surface area (Å²) in [5.74, 6) is -0.870. The van der Waals surface area contributed by atoms with Crippen LogP contribution in [0.5, 0.6) is 0 Å². The third-order valence-electron chi connectivity index (χ3n) is 3.80. The van der Waals surface area contributed by atoms with Crippen LogP contribution >= 0.6 is 11.6 Å². The van der Waals surface area contributed by atoms with Gasteiger partial charge in [-0.3, -0.25) is 9.59 Å². The van der Waals surface area contributed by atoms with Gasteiger partial charge in [0.15, 0.2) is 0 Å². The molecular weight excluding hydrogens is 390 g/mol. The number of amides is 2. The van der Waals surface area contributed by atoms with Crippen molar-refractivity contribution in [2.75, 3.05) is 26.0 Å². The first-order chi connectivity index (χ1) is 12.6. The lowest BCUT2D eigenvalue weighted by molar-refractivity contribution is -0.116. The van der Waals surface area contributed by atoms with Crippen molar-refractivity contribution in [3.8, 4) is 0 Å². The lowest BCUT2D eigenvalue weighted by atomic mass is 10.2. The summed E-state index contributed by atoms with van der Waals surface area (Å²) in [6, 6.07) is 11.2. The van der Waals surface area contributed by atoms with Gasteiger partial charge in [0.05, 0.1) is 11.6 Å². The monoisotopic (exact) mass is 409 g/mol. The molecule has 0 aromatic heterocycles. The highest BCUT2D eigenvalue weighted by molar-refractivity contribution is 7.89. The minimum atomic E-state index is -3.81. The predicted molar refractivity (Wildman–Crippen MR) is 104 cm³/mol. The minimum absolute atomic E-state index is 0.000618. The van der Waals surface area contributed by atoms with E-state index in [1.54, 1.807) is 12.1 Å². The molecule has 0 heterocycles. The van der Waals surface area contributed by atoms with Crippen molar-refractivity contribution < 1.29 is 18.0 Å². The van der Waals surface area contributed by atoms with Gasteiger partial charge in [0.1, 0.15) is 4.90 Å². The molecule has 0 atom stereocenters. The molecule has 2 amide bonds. The van der Waals surface area contributed by atoms with Crippen LogP contribution in [0, 0.1) is 6.92 Å². The summed E-state index contributed by atoms with van der Waals surface area (Å²) in [4.78, 5) is 25.7. The third kappa shape index (κ3) is 5.29. The molecule has 0 aliphatic rings. The molecule has 0 saturated heterocycles. The molecule has 2 rings (SSSR count). The maximum absolute atomic E-state index is 12.5. The molecule has 0 saturated carbocycles. The van der Waals surface area contributed by atoms with Crippen LogP contribution in [0.2, 0.25) is 5.02 Å². The first-order valence-electron chi connectivity index (χ1n) is 7.99. The number of carbonyl (C=O) groups excluding carboxylic acids is 2. The molecule has 0 radical (unpaired) electrons. The van der Waals surface area contributed by atoms with E-state index < -0.39 is 15.9 Å². The SMILES string of the molecule is CNS(=O)(=O)c1cc(C(=O)N(C)CC(=O)Nc2ccc(C)cc2)ccc1Cl. The van der Waals surface area contributed by atoms with Crippen molar-refractivity contribution in [2.45, 2.75) is 11.8 Å². The number of likely N-dealkylation sites (N-methyl/N-ethyl adjacent to an activating group) is 1. The maximum atomic E-state index is 12.5. The lowest BCUT2D eigenvalue weighted by Crippen LogP contribution is -2.35. The van der Waals surface area contributed by atoms with Gasteiger partial charge in [0.25, 0.3) is 5.91 Å². The van der Waals surface area contributed by atoms with Gasteiger partial charge >= 0.3 is 0 Å². The van der Waals surface area contributed by atoms with Crippen LogP contribution < -0.4 is 10.0 Å². The van der Waals surface area contributed by atoms with E-state index in [0.717, 1.165) is 5.56 Å². The number of carbonyl (C=O) groups is 2. The fourth-order valence-electron chi connectivity index (χ4n) is 2.30. The van der Waals surface area contributed by atoms with Gasteiger partial charge in [0, 0.05) is 18.3 Å². The average molecular weight is 410 g/mol. The molecular formula is C18H20ClN3O4S. The summed E-state index contributed by atoms with van der Waals surface area (Å²) in [5, 5.41) is 2.70. The van der Waals surface area contributed by atoms with E-state index in [9.17, 15) is 18.0 Å². The highest BCUT2D eigenvalue weighted by Crippen LogP contribution is 2.23. The lowest BCUT2D eigenvalue weighted by Gasteiger charge is -2.17. The van der Waals surface area contributed by atoms with E-state index in [0.29, 0.717) is 5.69 Å². The van der Waals surface area contributed by atoms with Crippen LogP contribution in [0.25, 0.3) is 0 Å². The number of anilines is 1. The summed E-state index contributed by atoms with van der Waals surface area (Å²) >= 11 is 5.92. The minimum Gasteiger partial charge on any atom is -0.332 e. The fourth-order valence-corrected chi connectivity index (χ4v) is 3.55. The highest BCUT2D eigenvalue weighted by atomic mass is 35.5. The molecule has 9 heteroatoms. The zero-order chi connectivity index (χ0) is 20.2. The van der Waals surface area contributed by atoms with Crippen molar-refractivity contribution >= 4 is 39.1 Å². The molecule has 0 bridgehead atoms. The zero-order valence-electron chi connectivity index (χ0n) is 15.1. The summed E-state index contributed by atoms with van der Waals surface area (Å²) in [6.07, 6.45) is 0. The number of nitrogens with zero attached hydrogens (tertiary/aromatic N) is 1. The van der Waals surface area contributed by atoms with Gasteiger partial charge in [-0.05, 0) is 44.3 Å². The van der Waals surface area contributed by atoms with Crippen molar-refractivity contribution in [3.63, 3.8) is 0 Å². The van der Waals surface area contributed by atoms with E-state index in [4.69, 9.17) is 11.6 Å². The van der Waals surface area contributed by atoms with Crippen LogP contribution in [0.4, 0.5) is 5.69 Å². The van der Waals surface area contributed by atoms with E-state index in [1.165, 1.54) is 37.2 Å². The number of rotatable bonds is 6. The topological polar surface area (TPSA) is 95.6 Å². The second-order valence-corrected chi connectivity index (χ2v) is 8.19. The quantitative estimate of drug-likeness (QED) is 0.764. The Labute approximate surface area is 163 Å². The fraction of sp³-hybridized carbons (Fsp3) is 0.222. The van der Waals surface area contributed by atoms with Gasteiger partial charge in [-0.1, -0.05) is 29.3 Å². The predicted octanol–water partition coefficient (Wildman–Crippen LogP) is 2.27. The van der Waals surface area contributed by atoms with Crippen molar-refractivity contribution in [1.82, 2.24) is 9.62 Å². The summed E-state index contributed by atoms with van der Waals surface area (Å²) in [7, 11) is -1.10. The molecule has 2 aromatic carbocycles. The smallest absolute Gasteiger partial charge is 0.254 e. The first kappa shape index (κ1) is 20.9. The van der Waals surface area contributed by atoms with Crippen molar-refractivity contribution in [2.24, 2.45) is 0 Å². The van der Waals surface area contributed by atoms with Gasteiger partial charge < -0.3 is 10.2 Å². The van der Waals surface area contributed by atoms with E-state index >= 15 is 0 Å². The number of nitrogens with one attached hydrogen (secondary N) is 2. The molecule has 7 nitrogen and oxygen atoms in total. The number of aryl methyl sites for hydroxylation is 1. The standard InChI is InChI=1S/C18H20ClN3O4S/c1-12-4-7-14(8-5-12)21-17(23)11-22(3)18(24)13-6-9-15(19)16(10-13)27(25,26)20-2/h4-10,20H,11H2,1-3H3,(H,21,23). The number of halogens is 1. The number of hydrogen-bond donors (Lipinski definition) is 2. The molecule has 0 spiro atoms. The highest BCUT2D eigenvalue weighted by Gasteiger charge is 2.21. The molecule has 0 unspecified atom stereocenters. The maximum Gasteiger partial charge on any atom is 0.254 e. The molecule has 0 aliphatic heterocycles. The van der Waals surface area contributed by atoms with Crippen LogP contribution in [0.3, 0.4) is 0 Å². The number of hydrogen-bond acceptors (Lipinski definition) is 4.